The minimum Gasteiger partial charge on any atom is -0.462 e. The standard InChI is InChI=1S/C71H138O17P2/c1-5-9-13-17-20-23-26-28-30-32-34-36-39-41-44-48-52-56-69(74)82-62-67(88-71(76)58-54-50-46-43-40-37-35-33-31-29-27-24-21-18-14-10-6-2)64-86-90(79,80)84-60-65(72)59-83-89(77,78)85-63-66(61-81-68(73)55-51-47-16-12-8-4)87-70(75)57-53-49-45-42-38-25-22-19-15-11-7-3/h65-67,72H,5-64H2,1-4H3,(H,77,78)(H,79,80)/t65-,66+,67+/m0/s1. The van der Waals surface area contributed by atoms with E-state index in [-0.39, 0.29) is 25.7 Å². The summed E-state index contributed by atoms with van der Waals surface area (Å²) in [5.41, 5.74) is 0. The van der Waals surface area contributed by atoms with Gasteiger partial charge in [-0.2, -0.15) is 0 Å². The Hall–Kier alpha value is -1.94. The van der Waals surface area contributed by atoms with Gasteiger partial charge in [0.05, 0.1) is 26.4 Å². The van der Waals surface area contributed by atoms with Crippen LogP contribution in [0.1, 0.15) is 374 Å². The Morgan fingerprint density at radius 1 is 0.267 bits per heavy atom. The van der Waals surface area contributed by atoms with E-state index in [1.165, 1.54) is 199 Å². The molecule has 0 aromatic carbocycles. The van der Waals surface area contributed by atoms with Crippen LogP contribution in [-0.2, 0) is 65.4 Å². The van der Waals surface area contributed by atoms with E-state index in [1.54, 1.807) is 0 Å². The van der Waals surface area contributed by atoms with Crippen LogP contribution in [0.3, 0.4) is 0 Å². The monoisotopic (exact) mass is 1320 g/mol. The number of ether oxygens (including phenoxy) is 4. The van der Waals surface area contributed by atoms with Gasteiger partial charge in [-0.1, -0.05) is 323 Å². The molecule has 0 rings (SSSR count). The molecule has 0 aromatic rings. The third-order valence-electron chi connectivity index (χ3n) is 16.6. The van der Waals surface area contributed by atoms with Gasteiger partial charge in [-0.15, -0.1) is 0 Å². The second-order valence-electron chi connectivity index (χ2n) is 25.6. The molecule has 19 heteroatoms. The van der Waals surface area contributed by atoms with Crippen molar-refractivity contribution in [3.05, 3.63) is 0 Å². The largest absolute Gasteiger partial charge is 0.472 e. The van der Waals surface area contributed by atoms with Gasteiger partial charge in [0.25, 0.3) is 0 Å². The summed E-state index contributed by atoms with van der Waals surface area (Å²) >= 11 is 0. The molecule has 0 aliphatic rings. The summed E-state index contributed by atoms with van der Waals surface area (Å²) in [6, 6.07) is 0. The van der Waals surface area contributed by atoms with Crippen molar-refractivity contribution in [3.63, 3.8) is 0 Å². The first-order chi connectivity index (χ1) is 43.7. The van der Waals surface area contributed by atoms with Crippen LogP contribution < -0.4 is 0 Å². The summed E-state index contributed by atoms with van der Waals surface area (Å²) in [7, 11) is -9.89. The number of aliphatic hydroxyl groups is 1. The summed E-state index contributed by atoms with van der Waals surface area (Å²) in [5.74, 6) is -2.13. The molecule has 0 aliphatic heterocycles. The maximum Gasteiger partial charge on any atom is 0.472 e. The van der Waals surface area contributed by atoms with E-state index in [4.69, 9.17) is 37.0 Å². The zero-order valence-corrected chi connectivity index (χ0v) is 59.9. The number of phosphoric ester groups is 2. The minimum atomic E-state index is -4.95. The van der Waals surface area contributed by atoms with Crippen LogP contribution in [0, 0.1) is 0 Å². The first-order valence-corrected chi connectivity index (χ1v) is 40.3. The zero-order valence-electron chi connectivity index (χ0n) is 58.1. The molecule has 0 aromatic heterocycles. The molecule has 534 valence electrons. The second-order valence-corrected chi connectivity index (χ2v) is 28.5. The summed E-state index contributed by atoms with van der Waals surface area (Å²) in [4.78, 5) is 72.3. The third-order valence-corrected chi connectivity index (χ3v) is 18.5. The fourth-order valence-electron chi connectivity index (χ4n) is 10.9. The number of carbonyl (C=O) groups is 4. The summed E-state index contributed by atoms with van der Waals surface area (Å²) in [6.45, 7) is 4.87. The molecule has 0 radical (unpaired) electrons. The fraction of sp³-hybridized carbons (Fsp3) is 0.944. The number of carbonyl (C=O) groups excluding carboxylic acids is 4. The lowest BCUT2D eigenvalue weighted by Crippen LogP contribution is -2.30. The van der Waals surface area contributed by atoms with Gasteiger partial charge in [0.15, 0.2) is 12.2 Å². The van der Waals surface area contributed by atoms with E-state index in [0.29, 0.717) is 25.7 Å². The quantitative estimate of drug-likeness (QED) is 0.0222. The Bertz CT molecular complexity index is 1720. The zero-order chi connectivity index (χ0) is 66.1. The van der Waals surface area contributed by atoms with Crippen LogP contribution in [0.5, 0.6) is 0 Å². The number of hydrogen-bond acceptors (Lipinski definition) is 15. The van der Waals surface area contributed by atoms with Crippen molar-refractivity contribution in [2.45, 2.75) is 393 Å². The number of hydrogen-bond donors (Lipinski definition) is 3. The molecule has 2 unspecified atom stereocenters. The van der Waals surface area contributed by atoms with Gasteiger partial charge in [-0.25, -0.2) is 9.13 Å². The smallest absolute Gasteiger partial charge is 0.462 e. The van der Waals surface area contributed by atoms with Gasteiger partial charge in [0, 0.05) is 25.7 Å². The van der Waals surface area contributed by atoms with Crippen LogP contribution in [0.4, 0.5) is 0 Å². The molecule has 0 fully saturated rings. The molecule has 0 amide bonds. The number of esters is 4. The molecule has 0 saturated carbocycles. The van der Waals surface area contributed by atoms with Crippen molar-refractivity contribution in [1.29, 1.82) is 0 Å². The lowest BCUT2D eigenvalue weighted by Gasteiger charge is -2.21. The molecular weight excluding hydrogens is 1190 g/mol. The SMILES string of the molecule is CCCCCCCCCCCCCCCCCCCC(=O)OC[C@H](COP(=O)(O)OC[C@@H](O)COP(=O)(O)OC[C@@H](COC(=O)CCCCCCC)OC(=O)CCCCCCCCCCCCC)OC(=O)CCCCCCCCCCCCCCCCCCC. The van der Waals surface area contributed by atoms with Crippen LogP contribution in [0.2, 0.25) is 0 Å². The molecule has 5 atom stereocenters. The van der Waals surface area contributed by atoms with Crippen LogP contribution >= 0.6 is 15.6 Å². The highest BCUT2D eigenvalue weighted by Crippen LogP contribution is 2.45. The van der Waals surface area contributed by atoms with E-state index in [9.17, 15) is 43.2 Å². The van der Waals surface area contributed by atoms with Crippen LogP contribution in [-0.4, -0.2) is 96.7 Å². The van der Waals surface area contributed by atoms with Crippen LogP contribution in [0.25, 0.3) is 0 Å². The molecule has 0 spiro atoms. The van der Waals surface area contributed by atoms with Crippen molar-refractivity contribution in [1.82, 2.24) is 0 Å². The summed E-state index contributed by atoms with van der Waals surface area (Å²) in [6.07, 6.45) is 54.5. The first-order valence-electron chi connectivity index (χ1n) is 37.3. The lowest BCUT2D eigenvalue weighted by molar-refractivity contribution is -0.161. The molecule has 17 nitrogen and oxygen atoms in total. The van der Waals surface area contributed by atoms with Crippen molar-refractivity contribution < 1.29 is 80.2 Å². The Kier molecular flexibility index (Phi) is 64.3. The summed E-state index contributed by atoms with van der Waals surface area (Å²) in [5, 5.41) is 10.6. The third kappa shape index (κ3) is 64.8. The number of phosphoric acid groups is 2. The Morgan fingerprint density at radius 2 is 0.444 bits per heavy atom. The molecule has 0 bridgehead atoms. The normalized spacial score (nSPS) is 14.0. The predicted octanol–water partition coefficient (Wildman–Crippen LogP) is 20.7. The van der Waals surface area contributed by atoms with E-state index < -0.39 is 97.5 Å². The Balaban J connectivity index is 5.14. The van der Waals surface area contributed by atoms with Crippen molar-refractivity contribution >= 4 is 39.5 Å². The lowest BCUT2D eigenvalue weighted by atomic mass is 10.0. The molecular formula is C71H138O17P2. The molecule has 0 aliphatic carbocycles. The van der Waals surface area contributed by atoms with Gasteiger partial charge < -0.3 is 33.8 Å². The van der Waals surface area contributed by atoms with Crippen molar-refractivity contribution in [2.75, 3.05) is 39.6 Å². The highest BCUT2D eigenvalue weighted by atomic mass is 31.2. The van der Waals surface area contributed by atoms with E-state index in [2.05, 4.69) is 27.7 Å². The van der Waals surface area contributed by atoms with Gasteiger partial charge in [0.1, 0.15) is 19.3 Å². The van der Waals surface area contributed by atoms with E-state index in [1.807, 2.05) is 0 Å². The average Bonchev–Trinajstić information content (AvgIpc) is 3.68. The fourth-order valence-corrected chi connectivity index (χ4v) is 12.4. The maximum absolute atomic E-state index is 13.0. The predicted molar refractivity (Wildman–Crippen MR) is 363 cm³/mol. The average molecular weight is 1330 g/mol. The van der Waals surface area contributed by atoms with Crippen molar-refractivity contribution in [3.8, 4) is 0 Å². The highest BCUT2D eigenvalue weighted by Gasteiger charge is 2.30. The van der Waals surface area contributed by atoms with Gasteiger partial charge >= 0.3 is 39.5 Å². The van der Waals surface area contributed by atoms with Gasteiger partial charge in [-0.05, 0) is 25.7 Å². The Labute approximate surface area is 549 Å². The molecule has 90 heavy (non-hydrogen) atoms. The number of rotatable bonds is 72. The number of aliphatic hydroxyl groups excluding tert-OH is 1. The summed E-state index contributed by atoms with van der Waals surface area (Å²) < 4.78 is 68.1. The first kappa shape index (κ1) is 88.1. The molecule has 0 heterocycles. The van der Waals surface area contributed by atoms with E-state index >= 15 is 0 Å². The topological polar surface area (TPSA) is 237 Å². The highest BCUT2D eigenvalue weighted by molar-refractivity contribution is 7.47. The van der Waals surface area contributed by atoms with Crippen molar-refractivity contribution in [2.24, 2.45) is 0 Å². The molecule has 0 saturated heterocycles. The van der Waals surface area contributed by atoms with Gasteiger partial charge in [0.2, 0.25) is 0 Å². The van der Waals surface area contributed by atoms with Gasteiger partial charge in [-0.3, -0.25) is 37.3 Å². The second kappa shape index (κ2) is 65.7. The van der Waals surface area contributed by atoms with E-state index in [0.717, 1.165) is 96.3 Å². The molecule has 3 N–H and O–H groups in total. The van der Waals surface area contributed by atoms with Crippen LogP contribution in [0.15, 0.2) is 0 Å². The Morgan fingerprint density at radius 3 is 0.656 bits per heavy atom. The maximum atomic E-state index is 13.0. The number of unbranched alkanes of at least 4 members (excludes halogenated alkanes) is 46. The minimum absolute atomic E-state index is 0.106.